The minimum absolute atomic E-state index is 0.711. The molecule has 0 spiro atoms. The summed E-state index contributed by atoms with van der Waals surface area (Å²) in [6.45, 7) is 0. The van der Waals surface area contributed by atoms with Gasteiger partial charge in [-0.2, -0.15) is 0 Å². The minimum atomic E-state index is 0.711. The maximum Gasteiger partial charge on any atom is 0.234 e. The van der Waals surface area contributed by atoms with E-state index in [-0.39, 0.29) is 0 Å². The third kappa shape index (κ3) is 1.71. The summed E-state index contributed by atoms with van der Waals surface area (Å²) in [7, 11) is 0. The molecule has 0 bridgehead atoms. The highest BCUT2D eigenvalue weighted by Gasteiger charge is 2.12. The summed E-state index contributed by atoms with van der Waals surface area (Å²) in [5.74, 6) is 0.711. The topological polar surface area (TPSA) is 30.7 Å². The van der Waals surface area contributed by atoms with Crippen molar-refractivity contribution in [1.29, 1.82) is 0 Å². The zero-order chi connectivity index (χ0) is 13.5. The monoisotopic (exact) mass is 371 g/mol. The smallest absolute Gasteiger partial charge is 0.234 e. The lowest BCUT2D eigenvalue weighted by molar-refractivity contribution is 0.982. The van der Waals surface area contributed by atoms with E-state index in [0.717, 1.165) is 14.6 Å². The maximum absolute atomic E-state index is 4.47. The molecule has 0 saturated carbocycles. The predicted molar refractivity (Wildman–Crippen MR) is 89.1 cm³/mol. The number of hydrogen-bond donors (Lipinski definition) is 0. The molecular formula is C16H10IN3. The van der Waals surface area contributed by atoms with Crippen LogP contribution in [0.4, 0.5) is 0 Å². The SMILES string of the molecule is Ic1cnc(-n2c3ccccc3c3ccccc32)nc1. The van der Waals surface area contributed by atoms with Crippen molar-refractivity contribution >= 4 is 44.4 Å². The molecule has 2 heterocycles. The first kappa shape index (κ1) is 11.8. The molecule has 3 nitrogen and oxygen atoms in total. The van der Waals surface area contributed by atoms with Crippen LogP contribution in [0.3, 0.4) is 0 Å². The van der Waals surface area contributed by atoms with Crippen molar-refractivity contribution in [2.45, 2.75) is 0 Å². The molecule has 4 heteroatoms. The van der Waals surface area contributed by atoms with Gasteiger partial charge < -0.3 is 0 Å². The largest absolute Gasteiger partial charge is 0.278 e. The Morgan fingerprint density at radius 1 is 0.750 bits per heavy atom. The number of rotatable bonds is 1. The lowest BCUT2D eigenvalue weighted by Gasteiger charge is -2.04. The van der Waals surface area contributed by atoms with Gasteiger partial charge in [0, 0.05) is 26.7 Å². The molecule has 20 heavy (non-hydrogen) atoms. The first-order chi connectivity index (χ1) is 9.84. The molecule has 2 aromatic carbocycles. The Morgan fingerprint density at radius 2 is 1.25 bits per heavy atom. The molecule has 0 aliphatic heterocycles. The Hall–Kier alpha value is -1.95. The summed E-state index contributed by atoms with van der Waals surface area (Å²) in [5, 5.41) is 2.45. The predicted octanol–water partition coefficient (Wildman–Crippen LogP) is 4.18. The van der Waals surface area contributed by atoms with Crippen LogP contribution in [0.2, 0.25) is 0 Å². The van der Waals surface area contributed by atoms with Crippen LogP contribution in [-0.4, -0.2) is 14.5 Å². The van der Waals surface area contributed by atoms with Crippen LogP contribution in [0, 0.1) is 3.57 Å². The number of nitrogens with zero attached hydrogens (tertiary/aromatic N) is 3. The lowest BCUT2D eigenvalue weighted by atomic mass is 10.2. The first-order valence-electron chi connectivity index (χ1n) is 6.31. The average Bonchev–Trinajstić information content (AvgIpc) is 2.83. The van der Waals surface area contributed by atoms with Gasteiger partial charge in [0.05, 0.1) is 11.0 Å². The van der Waals surface area contributed by atoms with Crippen molar-refractivity contribution in [3.05, 3.63) is 64.5 Å². The molecule has 0 atom stereocenters. The second-order valence-electron chi connectivity index (χ2n) is 4.57. The van der Waals surface area contributed by atoms with E-state index in [1.807, 2.05) is 24.5 Å². The summed E-state index contributed by atoms with van der Waals surface area (Å²) in [5.41, 5.74) is 2.27. The maximum atomic E-state index is 4.47. The van der Waals surface area contributed by atoms with Crippen LogP contribution in [-0.2, 0) is 0 Å². The molecule has 4 aromatic rings. The van der Waals surface area contributed by atoms with Gasteiger partial charge >= 0.3 is 0 Å². The molecule has 0 aliphatic carbocycles. The Morgan fingerprint density at radius 3 is 1.80 bits per heavy atom. The molecule has 0 aliphatic rings. The third-order valence-corrected chi connectivity index (χ3v) is 3.94. The fourth-order valence-electron chi connectivity index (χ4n) is 2.56. The van der Waals surface area contributed by atoms with Gasteiger partial charge in [0.25, 0.3) is 0 Å². The van der Waals surface area contributed by atoms with Gasteiger partial charge in [0.15, 0.2) is 0 Å². The highest BCUT2D eigenvalue weighted by molar-refractivity contribution is 14.1. The van der Waals surface area contributed by atoms with E-state index in [2.05, 4.69) is 73.5 Å². The molecule has 0 fully saturated rings. The molecule has 0 saturated heterocycles. The number of aromatic nitrogens is 3. The zero-order valence-electron chi connectivity index (χ0n) is 10.5. The van der Waals surface area contributed by atoms with Crippen molar-refractivity contribution in [3.63, 3.8) is 0 Å². The fraction of sp³-hybridized carbons (Fsp3) is 0. The van der Waals surface area contributed by atoms with E-state index in [0.29, 0.717) is 5.95 Å². The zero-order valence-corrected chi connectivity index (χ0v) is 12.7. The van der Waals surface area contributed by atoms with Gasteiger partial charge in [-0.15, -0.1) is 0 Å². The summed E-state index contributed by atoms with van der Waals surface area (Å²) in [6, 6.07) is 16.7. The molecule has 0 N–H and O–H groups in total. The number of halogens is 1. The van der Waals surface area contributed by atoms with Crippen molar-refractivity contribution in [1.82, 2.24) is 14.5 Å². The molecule has 0 amide bonds. The Bertz CT molecular complexity index is 857. The fourth-order valence-corrected chi connectivity index (χ4v) is 2.84. The third-order valence-electron chi connectivity index (χ3n) is 3.39. The highest BCUT2D eigenvalue weighted by Crippen LogP contribution is 2.30. The van der Waals surface area contributed by atoms with Crippen LogP contribution in [0.25, 0.3) is 27.8 Å². The van der Waals surface area contributed by atoms with Gasteiger partial charge in [-0.1, -0.05) is 36.4 Å². The summed E-state index contributed by atoms with van der Waals surface area (Å²) < 4.78 is 3.15. The first-order valence-corrected chi connectivity index (χ1v) is 7.38. The number of benzene rings is 2. The second kappa shape index (κ2) is 4.56. The number of hydrogen-bond acceptors (Lipinski definition) is 2. The molecule has 4 rings (SSSR count). The molecule has 0 unspecified atom stereocenters. The number of fused-ring (bicyclic) bond motifs is 3. The molecular weight excluding hydrogens is 361 g/mol. The standard InChI is InChI=1S/C16H10IN3/c17-11-9-18-16(19-10-11)20-14-7-3-1-5-12(14)13-6-2-4-8-15(13)20/h1-10H. The Balaban J connectivity index is 2.17. The van der Waals surface area contributed by atoms with Crippen molar-refractivity contribution in [3.8, 4) is 5.95 Å². The van der Waals surface area contributed by atoms with Crippen LogP contribution >= 0.6 is 22.6 Å². The average molecular weight is 371 g/mol. The number of para-hydroxylation sites is 2. The molecule has 2 aromatic heterocycles. The van der Waals surface area contributed by atoms with E-state index in [9.17, 15) is 0 Å². The van der Waals surface area contributed by atoms with E-state index in [1.165, 1.54) is 10.8 Å². The minimum Gasteiger partial charge on any atom is -0.278 e. The Labute approximate surface area is 129 Å². The van der Waals surface area contributed by atoms with E-state index in [4.69, 9.17) is 0 Å². The van der Waals surface area contributed by atoms with Crippen molar-refractivity contribution in [2.24, 2.45) is 0 Å². The molecule has 96 valence electrons. The lowest BCUT2D eigenvalue weighted by Crippen LogP contribution is -2.00. The quantitative estimate of drug-likeness (QED) is 0.470. The van der Waals surface area contributed by atoms with E-state index < -0.39 is 0 Å². The summed E-state index contributed by atoms with van der Waals surface area (Å²) in [4.78, 5) is 8.93. The van der Waals surface area contributed by atoms with Gasteiger partial charge in [-0.3, -0.25) is 4.57 Å². The second-order valence-corrected chi connectivity index (χ2v) is 5.82. The van der Waals surface area contributed by atoms with Crippen LogP contribution < -0.4 is 0 Å². The van der Waals surface area contributed by atoms with Gasteiger partial charge in [-0.25, -0.2) is 9.97 Å². The summed E-state index contributed by atoms with van der Waals surface area (Å²) in [6.07, 6.45) is 3.68. The van der Waals surface area contributed by atoms with Gasteiger partial charge in [0.2, 0.25) is 5.95 Å². The molecule has 0 radical (unpaired) electrons. The Kier molecular flexibility index (Phi) is 2.70. The normalized spacial score (nSPS) is 11.2. The van der Waals surface area contributed by atoms with Crippen LogP contribution in [0.15, 0.2) is 60.9 Å². The van der Waals surface area contributed by atoms with E-state index >= 15 is 0 Å². The van der Waals surface area contributed by atoms with E-state index in [1.54, 1.807) is 0 Å². The van der Waals surface area contributed by atoms with Crippen LogP contribution in [0.5, 0.6) is 0 Å². The van der Waals surface area contributed by atoms with Gasteiger partial charge in [0.1, 0.15) is 0 Å². The highest BCUT2D eigenvalue weighted by atomic mass is 127. The van der Waals surface area contributed by atoms with Gasteiger partial charge in [-0.05, 0) is 34.7 Å². The van der Waals surface area contributed by atoms with Crippen molar-refractivity contribution < 1.29 is 0 Å². The van der Waals surface area contributed by atoms with Crippen LogP contribution in [0.1, 0.15) is 0 Å². The summed E-state index contributed by atoms with van der Waals surface area (Å²) >= 11 is 2.22. The van der Waals surface area contributed by atoms with Crippen molar-refractivity contribution in [2.75, 3.05) is 0 Å².